The number of rotatable bonds is 7. The Morgan fingerprint density at radius 2 is 1.92 bits per heavy atom. The monoisotopic (exact) mass is 372 g/mol. The van der Waals surface area contributed by atoms with Gasteiger partial charge in [-0.15, -0.1) is 0 Å². The van der Waals surface area contributed by atoms with Crippen molar-refractivity contribution in [2.24, 2.45) is 0 Å². The normalized spacial score (nSPS) is 20.6. The summed E-state index contributed by atoms with van der Waals surface area (Å²) in [4.78, 5) is 2.51. The minimum absolute atomic E-state index is 0.434. The van der Waals surface area contributed by atoms with Crippen molar-refractivity contribution in [1.29, 1.82) is 0 Å². The second kappa shape index (κ2) is 7.53. The summed E-state index contributed by atoms with van der Waals surface area (Å²) in [7, 11) is 0. The predicted molar refractivity (Wildman–Crippen MR) is 105 cm³/mol. The van der Waals surface area contributed by atoms with Gasteiger partial charge in [-0.25, -0.2) is 4.68 Å². The number of ether oxygens (including phenoxy) is 1. The van der Waals surface area contributed by atoms with Crippen LogP contribution in [0, 0.1) is 4.77 Å². The molecule has 1 atom stereocenters. The maximum atomic E-state index is 5.72. The fourth-order valence-electron chi connectivity index (χ4n) is 3.99. The molecular formula is C20H28N4OS. The van der Waals surface area contributed by atoms with Crippen LogP contribution in [0.2, 0.25) is 0 Å². The molecule has 6 heteroatoms. The molecule has 2 fully saturated rings. The van der Waals surface area contributed by atoms with Crippen LogP contribution >= 0.6 is 12.2 Å². The number of benzene rings is 1. The highest BCUT2D eigenvalue weighted by Gasteiger charge is 2.31. The average molecular weight is 373 g/mol. The van der Waals surface area contributed by atoms with E-state index >= 15 is 0 Å². The molecule has 1 aromatic carbocycles. The lowest BCUT2D eigenvalue weighted by Gasteiger charge is -2.24. The number of hydrogen-bond donors (Lipinski definition) is 0. The largest absolute Gasteiger partial charge is 0.494 e. The second-order valence-electron chi connectivity index (χ2n) is 7.27. The highest BCUT2D eigenvalue weighted by Crippen LogP contribution is 2.39. The van der Waals surface area contributed by atoms with E-state index in [1.165, 1.54) is 37.1 Å². The topological polar surface area (TPSA) is 35.2 Å². The van der Waals surface area contributed by atoms with Gasteiger partial charge < -0.3 is 9.30 Å². The summed E-state index contributed by atoms with van der Waals surface area (Å²) in [6.07, 6.45) is 4.91. The van der Waals surface area contributed by atoms with Gasteiger partial charge in [-0.1, -0.05) is 12.1 Å². The van der Waals surface area contributed by atoms with Crippen LogP contribution in [-0.2, 0) is 13.2 Å². The molecule has 140 valence electrons. The summed E-state index contributed by atoms with van der Waals surface area (Å²) in [5.74, 6) is 2.76. The third-order valence-corrected chi connectivity index (χ3v) is 5.90. The smallest absolute Gasteiger partial charge is 0.199 e. The standard InChI is InChI=1S/C20H28N4OS/c1-3-23-19(16-7-8-16)21-24(20(23)26)14-22-13-5-6-18(22)15-9-11-17(12-10-15)25-4-2/h9-12,16,18H,3-8,13-14H2,1-2H3. The molecule has 1 aromatic heterocycles. The molecule has 0 radical (unpaired) electrons. The van der Waals surface area contributed by atoms with Crippen molar-refractivity contribution in [3.63, 3.8) is 0 Å². The number of aromatic nitrogens is 3. The van der Waals surface area contributed by atoms with E-state index in [0.717, 1.165) is 30.3 Å². The minimum atomic E-state index is 0.434. The summed E-state index contributed by atoms with van der Waals surface area (Å²) < 4.78 is 10.7. The SMILES string of the molecule is CCOc1ccc(C2CCCN2Cn2nc(C3CC3)n(CC)c2=S)cc1. The molecule has 1 aliphatic carbocycles. The van der Waals surface area contributed by atoms with Crippen molar-refractivity contribution in [1.82, 2.24) is 19.2 Å². The van der Waals surface area contributed by atoms with Crippen molar-refractivity contribution >= 4 is 12.2 Å². The lowest BCUT2D eigenvalue weighted by molar-refractivity contribution is 0.189. The number of nitrogens with zero attached hydrogens (tertiary/aromatic N) is 4. The van der Waals surface area contributed by atoms with Crippen LogP contribution in [0.15, 0.2) is 24.3 Å². The van der Waals surface area contributed by atoms with E-state index in [1.54, 1.807) is 0 Å². The molecule has 1 aliphatic heterocycles. The average Bonchev–Trinajstić information content (AvgIpc) is 3.32. The van der Waals surface area contributed by atoms with E-state index in [1.807, 2.05) is 11.6 Å². The van der Waals surface area contributed by atoms with Gasteiger partial charge in [0.05, 0.1) is 13.3 Å². The molecule has 1 saturated heterocycles. The van der Waals surface area contributed by atoms with E-state index in [-0.39, 0.29) is 0 Å². The van der Waals surface area contributed by atoms with Gasteiger partial charge in [0, 0.05) is 25.0 Å². The zero-order valence-corrected chi connectivity index (χ0v) is 16.5. The van der Waals surface area contributed by atoms with Gasteiger partial charge in [-0.3, -0.25) is 4.90 Å². The Bertz CT molecular complexity index is 806. The first-order valence-corrected chi connectivity index (χ1v) is 10.3. The van der Waals surface area contributed by atoms with Crippen molar-refractivity contribution in [3.8, 4) is 5.75 Å². The highest BCUT2D eigenvalue weighted by molar-refractivity contribution is 7.71. The first-order valence-electron chi connectivity index (χ1n) is 9.85. The van der Waals surface area contributed by atoms with Crippen LogP contribution in [-0.4, -0.2) is 32.4 Å². The molecule has 5 nitrogen and oxygen atoms in total. The van der Waals surface area contributed by atoms with Crippen LogP contribution < -0.4 is 4.74 Å². The second-order valence-corrected chi connectivity index (χ2v) is 7.64. The minimum Gasteiger partial charge on any atom is -0.494 e. The Morgan fingerprint density at radius 1 is 1.15 bits per heavy atom. The Balaban J connectivity index is 1.53. The van der Waals surface area contributed by atoms with Gasteiger partial charge in [0.15, 0.2) is 4.77 Å². The summed E-state index contributed by atoms with van der Waals surface area (Å²) >= 11 is 5.72. The Hall–Kier alpha value is -1.66. The van der Waals surface area contributed by atoms with Crippen LogP contribution in [0.5, 0.6) is 5.75 Å². The van der Waals surface area contributed by atoms with Gasteiger partial charge in [0.2, 0.25) is 0 Å². The van der Waals surface area contributed by atoms with E-state index in [0.29, 0.717) is 18.6 Å². The summed E-state index contributed by atoms with van der Waals surface area (Å²) in [5, 5.41) is 4.89. The maximum absolute atomic E-state index is 5.72. The van der Waals surface area contributed by atoms with E-state index < -0.39 is 0 Å². The van der Waals surface area contributed by atoms with Crippen molar-refractivity contribution in [3.05, 3.63) is 40.4 Å². The molecule has 0 bridgehead atoms. The van der Waals surface area contributed by atoms with E-state index in [4.69, 9.17) is 22.1 Å². The van der Waals surface area contributed by atoms with Crippen LogP contribution in [0.25, 0.3) is 0 Å². The summed E-state index contributed by atoms with van der Waals surface area (Å²) in [6.45, 7) is 7.66. The van der Waals surface area contributed by atoms with Crippen molar-refractivity contribution in [2.75, 3.05) is 13.2 Å². The van der Waals surface area contributed by atoms with Gasteiger partial charge in [-0.05, 0) is 69.4 Å². The fraction of sp³-hybridized carbons (Fsp3) is 0.600. The predicted octanol–water partition coefficient (Wildman–Crippen LogP) is 4.50. The zero-order valence-electron chi connectivity index (χ0n) is 15.7. The maximum Gasteiger partial charge on any atom is 0.199 e. The molecule has 1 unspecified atom stereocenters. The van der Waals surface area contributed by atoms with Crippen LogP contribution in [0.3, 0.4) is 0 Å². The Kier molecular flexibility index (Phi) is 5.14. The summed E-state index contributed by atoms with van der Waals surface area (Å²) in [6, 6.07) is 9.00. The van der Waals surface area contributed by atoms with Crippen molar-refractivity contribution in [2.45, 2.75) is 64.7 Å². The molecule has 2 aliphatic rings. The highest BCUT2D eigenvalue weighted by atomic mass is 32.1. The van der Waals surface area contributed by atoms with Crippen LogP contribution in [0.4, 0.5) is 0 Å². The first kappa shape index (κ1) is 17.7. The zero-order chi connectivity index (χ0) is 18.1. The van der Waals surface area contributed by atoms with Crippen LogP contribution in [0.1, 0.15) is 62.9 Å². The number of likely N-dealkylation sites (tertiary alicyclic amines) is 1. The molecule has 2 aromatic rings. The lowest BCUT2D eigenvalue weighted by Crippen LogP contribution is -2.27. The Morgan fingerprint density at radius 3 is 2.58 bits per heavy atom. The third-order valence-electron chi connectivity index (χ3n) is 5.47. The molecule has 0 N–H and O–H groups in total. The number of hydrogen-bond acceptors (Lipinski definition) is 4. The molecule has 4 rings (SSSR count). The van der Waals surface area contributed by atoms with E-state index in [2.05, 4.69) is 40.7 Å². The molecule has 0 spiro atoms. The van der Waals surface area contributed by atoms with Gasteiger partial charge >= 0.3 is 0 Å². The molecule has 2 heterocycles. The lowest BCUT2D eigenvalue weighted by atomic mass is 10.0. The van der Waals surface area contributed by atoms with Gasteiger partial charge in [0.1, 0.15) is 11.6 Å². The molecule has 0 amide bonds. The quantitative estimate of drug-likeness (QED) is 0.670. The Labute approximate surface area is 160 Å². The fourth-order valence-corrected chi connectivity index (χ4v) is 4.31. The molecular weight excluding hydrogens is 344 g/mol. The van der Waals surface area contributed by atoms with Gasteiger partial charge in [0.25, 0.3) is 0 Å². The molecule has 26 heavy (non-hydrogen) atoms. The van der Waals surface area contributed by atoms with Gasteiger partial charge in [-0.2, -0.15) is 5.10 Å². The summed E-state index contributed by atoms with van der Waals surface area (Å²) in [5.41, 5.74) is 1.36. The van der Waals surface area contributed by atoms with Crippen molar-refractivity contribution < 1.29 is 4.74 Å². The first-order chi connectivity index (χ1) is 12.7. The van der Waals surface area contributed by atoms with E-state index in [9.17, 15) is 0 Å². The third kappa shape index (κ3) is 3.45. The molecule has 1 saturated carbocycles.